The highest BCUT2D eigenvalue weighted by atomic mass is 15.3. The van der Waals surface area contributed by atoms with Crippen LogP contribution in [0.3, 0.4) is 0 Å². The van der Waals surface area contributed by atoms with E-state index in [9.17, 15) is 0 Å². The highest BCUT2D eigenvalue weighted by molar-refractivity contribution is 5.17. The summed E-state index contributed by atoms with van der Waals surface area (Å²) in [6.45, 7) is 4.95. The standard InChI is InChI=1S/C11H15N5/c1-9(2)12-6-10-7-14-11(8-13-10)16-5-3-4-15-16/h3-5,7-9,12H,6H2,1-2H3. The summed E-state index contributed by atoms with van der Waals surface area (Å²) in [5.74, 6) is 0.735. The second kappa shape index (κ2) is 4.85. The Hall–Kier alpha value is -1.75. The number of rotatable bonds is 4. The van der Waals surface area contributed by atoms with E-state index in [2.05, 4.69) is 34.2 Å². The summed E-state index contributed by atoms with van der Waals surface area (Å²) in [6.07, 6.45) is 7.06. The van der Waals surface area contributed by atoms with Gasteiger partial charge in [0.25, 0.3) is 0 Å². The molecule has 2 heterocycles. The molecule has 0 radical (unpaired) electrons. The van der Waals surface area contributed by atoms with Gasteiger partial charge in [-0.25, -0.2) is 9.67 Å². The third-order valence-electron chi connectivity index (χ3n) is 2.12. The molecule has 0 bridgehead atoms. The molecule has 0 aliphatic carbocycles. The molecule has 0 aliphatic rings. The summed E-state index contributed by atoms with van der Waals surface area (Å²) in [5.41, 5.74) is 0.935. The number of hydrogen-bond acceptors (Lipinski definition) is 4. The third-order valence-corrected chi connectivity index (χ3v) is 2.12. The van der Waals surface area contributed by atoms with Crippen molar-refractivity contribution in [2.75, 3.05) is 0 Å². The Kier molecular flexibility index (Phi) is 3.26. The molecule has 5 heteroatoms. The van der Waals surface area contributed by atoms with Gasteiger partial charge >= 0.3 is 0 Å². The van der Waals surface area contributed by atoms with Gasteiger partial charge in [0, 0.05) is 25.0 Å². The van der Waals surface area contributed by atoms with E-state index < -0.39 is 0 Å². The maximum absolute atomic E-state index is 4.32. The molecule has 84 valence electrons. The fraction of sp³-hybridized carbons (Fsp3) is 0.364. The molecular formula is C11H15N5. The molecule has 0 atom stereocenters. The van der Waals surface area contributed by atoms with Crippen LogP contribution >= 0.6 is 0 Å². The van der Waals surface area contributed by atoms with Gasteiger partial charge < -0.3 is 5.32 Å². The SMILES string of the molecule is CC(C)NCc1cnc(-n2cccn2)cn1. The van der Waals surface area contributed by atoms with E-state index in [-0.39, 0.29) is 0 Å². The van der Waals surface area contributed by atoms with Gasteiger partial charge in [0.15, 0.2) is 5.82 Å². The Morgan fingerprint density at radius 1 is 1.31 bits per heavy atom. The summed E-state index contributed by atoms with van der Waals surface area (Å²) >= 11 is 0. The van der Waals surface area contributed by atoms with Crippen molar-refractivity contribution >= 4 is 0 Å². The smallest absolute Gasteiger partial charge is 0.171 e. The molecule has 2 rings (SSSR count). The molecule has 0 unspecified atom stereocenters. The second-order valence-corrected chi connectivity index (χ2v) is 3.85. The molecule has 0 amide bonds. The molecular weight excluding hydrogens is 202 g/mol. The molecule has 0 fully saturated rings. The molecule has 0 saturated heterocycles. The van der Waals surface area contributed by atoms with E-state index in [0.717, 1.165) is 18.1 Å². The van der Waals surface area contributed by atoms with Crippen molar-refractivity contribution in [2.45, 2.75) is 26.4 Å². The van der Waals surface area contributed by atoms with Gasteiger partial charge in [0.1, 0.15) is 0 Å². The first-order valence-corrected chi connectivity index (χ1v) is 5.30. The van der Waals surface area contributed by atoms with Crippen molar-refractivity contribution in [2.24, 2.45) is 0 Å². The lowest BCUT2D eigenvalue weighted by Gasteiger charge is -2.07. The highest BCUT2D eigenvalue weighted by Gasteiger charge is 2.00. The molecule has 0 aliphatic heterocycles. The lowest BCUT2D eigenvalue weighted by Crippen LogP contribution is -2.22. The van der Waals surface area contributed by atoms with Crippen LogP contribution in [-0.4, -0.2) is 25.8 Å². The van der Waals surface area contributed by atoms with E-state index >= 15 is 0 Å². The molecule has 0 saturated carbocycles. The second-order valence-electron chi connectivity index (χ2n) is 3.85. The zero-order valence-corrected chi connectivity index (χ0v) is 9.46. The minimum Gasteiger partial charge on any atom is -0.309 e. The van der Waals surface area contributed by atoms with Crippen LogP contribution in [0.15, 0.2) is 30.9 Å². The predicted molar refractivity (Wildman–Crippen MR) is 61.1 cm³/mol. The van der Waals surface area contributed by atoms with Crippen molar-refractivity contribution in [3.8, 4) is 5.82 Å². The topological polar surface area (TPSA) is 55.6 Å². The van der Waals surface area contributed by atoms with Gasteiger partial charge in [0.2, 0.25) is 0 Å². The van der Waals surface area contributed by atoms with Crippen molar-refractivity contribution in [1.82, 2.24) is 25.1 Å². The predicted octanol–water partition coefficient (Wildman–Crippen LogP) is 1.16. The average molecular weight is 217 g/mol. The average Bonchev–Trinajstić information content (AvgIpc) is 2.80. The Bertz CT molecular complexity index is 418. The van der Waals surface area contributed by atoms with Crippen LogP contribution in [0.2, 0.25) is 0 Å². The zero-order chi connectivity index (χ0) is 11.4. The maximum Gasteiger partial charge on any atom is 0.171 e. The number of aromatic nitrogens is 4. The molecule has 0 aromatic carbocycles. The van der Waals surface area contributed by atoms with Crippen LogP contribution in [0.5, 0.6) is 0 Å². The van der Waals surface area contributed by atoms with Crippen molar-refractivity contribution < 1.29 is 0 Å². The van der Waals surface area contributed by atoms with Crippen LogP contribution in [0.4, 0.5) is 0 Å². The van der Waals surface area contributed by atoms with Gasteiger partial charge in [-0.15, -0.1) is 0 Å². The first-order valence-electron chi connectivity index (χ1n) is 5.30. The quantitative estimate of drug-likeness (QED) is 0.835. The third kappa shape index (κ3) is 2.64. The van der Waals surface area contributed by atoms with Gasteiger partial charge in [0.05, 0.1) is 18.1 Å². The molecule has 5 nitrogen and oxygen atoms in total. The van der Waals surface area contributed by atoms with Gasteiger partial charge in [-0.1, -0.05) is 13.8 Å². The normalized spacial score (nSPS) is 10.9. The Morgan fingerprint density at radius 2 is 2.19 bits per heavy atom. The van der Waals surface area contributed by atoms with E-state index in [1.54, 1.807) is 23.3 Å². The Balaban J connectivity index is 2.05. The van der Waals surface area contributed by atoms with Crippen molar-refractivity contribution in [3.05, 3.63) is 36.5 Å². The monoisotopic (exact) mass is 217 g/mol. The number of nitrogens with one attached hydrogen (secondary N) is 1. The Labute approximate surface area is 94.5 Å². The van der Waals surface area contributed by atoms with E-state index in [1.165, 1.54) is 0 Å². The maximum atomic E-state index is 4.32. The van der Waals surface area contributed by atoms with Crippen LogP contribution < -0.4 is 5.32 Å². The van der Waals surface area contributed by atoms with Gasteiger partial charge in [-0.05, 0) is 6.07 Å². The largest absolute Gasteiger partial charge is 0.309 e. The van der Waals surface area contributed by atoms with Crippen molar-refractivity contribution in [3.63, 3.8) is 0 Å². The number of hydrogen-bond donors (Lipinski definition) is 1. The van der Waals surface area contributed by atoms with Crippen LogP contribution in [0.1, 0.15) is 19.5 Å². The first kappa shape index (κ1) is 10.8. The van der Waals surface area contributed by atoms with Crippen LogP contribution in [0.25, 0.3) is 5.82 Å². The summed E-state index contributed by atoms with van der Waals surface area (Å²) < 4.78 is 1.69. The van der Waals surface area contributed by atoms with Gasteiger partial charge in [-0.2, -0.15) is 5.10 Å². The molecule has 2 aromatic heterocycles. The van der Waals surface area contributed by atoms with E-state index in [0.29, 0.717) is 6.04 Å². The zero-order valence-electron chi connectivity index (χ0n) is 9.46. The number of nitrogens with zero attached hydrogens (tertiary/aromatic N) is 4. The lowest BCUT2D eigenvalue weighted by atomic mass is 10.3. The highest BCUT2D eigenvalue weighted by Crippen LogP contribution is 2.00. The minimum absolute atomic E-state index is 0.451. The molecule has 2 aromatic rings. The molecule has 16 heavy (non-hydrogen) atoms. The summed E-state index contributed by atoms with van der Waals surface area (Å²) in [5, 5.41) is 7.38. The van der Waals surface area contributed by atoms with Crippen LogP contribution in [-0.2, 0) is 6.54 Å². The lowest BCUT2D eigenvalue weighted by molar-refractivity contribution is 0.579. The Morgan fingerprint density at radius 3 is 2.75 bits per heavy atom. The summed E-state index contributed by atoms with van der Waals surface area (Å²) in [4.78, 5) is 8.62. The molecule has 0 spiro atoms. The summed E-state index contributed by atoms with van der Waals surface area (Å²) in [7, 11) is 0. The fourth-order valence-corrected chi connectivity index (χ4v) is 1.27. The van der Waals surface area contributed by atoms with E-state index in [1.807, 2.05) is 12.3 Å². The van der Waals surface area contributed by atoms with Crippen LogP contribution in [0, 0.1) is 0 Å². The van der Waals surface area contributed by atoms with Crippen molar-refractivity contribution in [1.29, 1.82) is 0 Å². The van der Waals surface area contributed by atoms with Gasteiger partial charge in [-0.3, -0.25) is 4.98 Å². The molecule has 1 N–H and O–H groups in total. The first-order chi connectivity index (χ1) is 7.75. The minimum atomic E-state index is 0.451. The fourth-order valence-electron chi connectivity index (χ4n) is 1.27. The summed E-state index contributed by atoms with van der Waals surface area (Å²) in [6, 6.07) is 2.31. The van der Waals surface area contributed by atoms with E-state index in [4.69, 9.17) is 0 Å².